The second-order valence-electron chi connectivity index (χ2n) is 5.32. The third-order valence-corrected chi connectivity index (χ3v) is 3.54. The fourth-order valence-corrected chi connectivity index (χ4v) is 2.31. The molecule has 2 rings (SSSR count). The smallest absolute Gasteiger partial charge is 0.252 e. The fourth-order valence-electron chi connectivity index (χ4n) is 2.31. The van der Waals surface area contributed by atoms with Gasteiger partial charge in [-0.05, 0) is 43.0 Å². The number of aryl methyl sites for hydroxylation is 1. The van der Waals surface area contributed by atoms with Crippen molar-refractivity contribution in [2.45, 2.75) is 25.3 Å². The van der Waals surface area contributed by atoms with Crippen LogP contribution >= 0.6 is 0 Å². The SMILES string of the molecule is NC(=O)[C@H](CCCc1ccccc1)NC(=O)c1cccc(F)c1. The second-order valence-corrected chi connectivity index (χ2v) is 5.32. The van der Waals surface area contributed by atoms with Gasteiger partial charge in [-0.3, -0.25) is 9.59 Å². The van der Waals surface area contributed by atoms with Crippen LogP contribution in [-0.4, -0.2) is 17.9 Å². The summed E-state index contributed by atoms with van der Waals surface area (Å²) in [4.78, 5) is 23.6. The van der Waals surface area contributed by atoms with E-state index < -0.39 is 23.7 Å². The average Bonchev–Trinajstić information content (AvgIpc) is 2.54. The summed E-state index contributed by atoms with van der Waals surface area (Å²) in [6, 6.07) is 14.4. The van der Waals surface area contributed by atoms with Crippen LogP contribution < -0.4 is 11.1 Å². The number of primary amides is 1. The minimum Gasteiger partial charge on any atom is -0.368 e. The molecule has 0 aliphatic heterocycles. The summed E-state index contributed by atoms with van der Waals surface area (Å²) in [5, 5.41) is 2.57. The summed E-state index contributed by atoms with van der Waals surface area (Å²) in [5.74, 6) is -1.60. The molecule has 23 heavy (non-hydrogen) atoms. The molecule has 0 fully saturated rings. The Kier molecular flexibility index (Phi) is 5.86. The molecule has 2 aromatic carbocycles. The molecule has 4 nitrogen and oxygen atoms in total. The Balaban J connectivity index is 1.91. The van der Waals surface area contributed by atoms with Crippen molar-refractivity contribution in [1.82, 2.24) is 5.32 Å². The van der Waals surface area contributed by atoms with Crippen LogP contribution in [0.1, 0.15) is 28.8 Å². The van der Waals surface area contributed by atoms with Crippen LogP contribution in [0.25, 0.3) is 0 Å². The van der Waals surface area contributed by atoms with Crippen molar-refractivity contribution in [2.75, 3.05) is 0 Å². The van der Waals surface area contributed by atoms with Crippen molar-refractivity contribution in [3.8, 4) is 0 Å². The molecule has 0 heterocycles. The van der Waals surface area contributed by atoms with E-state index in [4.69, 9.17) is 5.73 Å². The largest absolute Gasteiger partial charge is 0.368 e. The van der Waals surface area contributed by atoms with E-state index in [1.807, 2.05) is 30.3 Å². The quantitative estimate of drug-likeness (QED) is 0.824. The third kappa shape index (κ3) is 5.21. The predicted octanol–water partition coefficient (Wildman–Crippen LogP) is 2.43. The summed E-state index contributed by atoms with van der Waals surface area (Å²) >= 11 is 0. The normalized spacial score (nSPS) is 11.7. The first-order valence-electron chi connectivity index (χ1n) is 7.46. The first-order chi connectivity index (χ1) is 11.1. The van der Waals surface area contributed by atoms with Crippen molar-refractivity contribution in [2.24, 2.45) is 5.73 Å². The van der Waals surface area contributed by atoms with E-state index in [0.29, 0.717) is 12.8 Å². The fraction of sp³-hybridized carbons (Fsp3) is 0.222. The summed E-state index contributed by atoms with van der Waals surface area (Å²) in [7, 11) is 0. The summed E-state index contributed by atoms with van der Waals surface area (Å²) < 4.78 is 13.1. The number of carbonyl (C=O) groups excluding carboxylic acids is 2. The van der Waals surface area contributed by atoms with Gasteiger partial charge in [-0.25, -0.2) is 4.39 Å². The van der Waals surface area contributed by atoms with E-state index in [1.165, 1.54) is 18.2 Å². The zero-order valence-corrected chi connectivity index (χ0v) is 12.7. The molecule has 0 aromatic heterocycles. The van der Waals surface area contributed by atoms with Gasteiger partial charge < -0.3 is 11.1 Å². The Morgan fingerprint density at radius 1 is 1.09 bits per heavy atom. The lowest BCUT2D eigenvalue weighted by atomic mass is 10.0. The molecule has 2 aromatic rings. The molecule has 2 amide bonds. The van der Waals surface area contributed by atoms with Crippen LogP contribution in [0.3, 0.4) is 0 Å². The number of rotatable bonds is 7. The molecular weight excluding hydrogens is 295 g/mol. The lowest BCUT2D eigenvalue weighted by molar-refractivity contribution is -0.120. The van der Waals surface area contributed by atoms with Gasteiger partial charge in [0.05, 0.1) is 0 Å². The van der Waals surface area contributed by atoms with E-state index in [1.54, 1.807) is 0 Å². The van der Waals surface area contributed by atoms with Gasteiger partial charge in [0.1, 0.15) is 11.9 Å². The van der Waals surface area contributed by atoms with Gasteiger partial charge in [-0.2, -0.15) is 0 Å². The lowest BCUT2D eigenvalue weighted by Crippen LogP contribution is -2.44. The molecule has 0 unspecified atom stereocenters. The Labute approximate surface area is 134 Å². The number of benzene rings is 2. The molecule has 0 bridgehead atoms. The van der Waals surface area contributed by atoms with Crippen molar-refractivity contribution in [3.63, 3.8) is 0 Å². The van der Waals surface area contributed by atoms with E-state index in [-0.39, 0.29) is 5.56 Å². The van der Waals surface area contributed by atoms with Crippen LogP contribution in [0, 0.1) is 5.82 Å². The number of nitrogens with two attached hydrogens (primary N) is 1. The molecule has 5 heteroatoms. The summed E-state index contributed by atoms with van der Waals surface area (Å²) in [6.07, 6.45) is 1.94. The Morgan fingerprint density at radius 3 is 2.48 bits per heavy atom. The molecule has 0 spiro atoms. The maximum atomic E-state index is 13.1. The van der Waals surface area contributed by atoms with Gasteiger partial charge in [0.25, 0.3) is 5.91 Å². The molecule has 0 saturated heterocycles. The number of hydrogen-bond acceptors (Lipinski definition) is 2. The predicted molar refractivity (Wildman–Crippen MR) is 86.2 cm³/mol. The maximum absolute atomic E-state index is 13.1. The zero-order chi connectivity index (χ0) is 16.7. The highest BCUT2D eigenvalue weighted by atomic mass is 19.1. The van der Waals surface area contributed by atoms with Crippen molar-refractivity contribution in [1.29, 1.82) is 0 Å². The molecule has 0 radical (unpaired) electrons. The Morgan fingerprint density at radius 2 is 1.83 bits per heavy atom. The summed E-state index contributed by atoms with van der Waals surface area (Å²) in [6.45, 7) is 0. The van der Waals surface area contributed by atoms with Crippen LogP contribution in [-0.2, 0) is 11.2 Å². The van der Waals surface area contributed by atoms with Gasteiger partial charge in [0.15, 0.2) is 0 Å². The van der Waals surface area contributed by atoms with Gasteiger partial charge in [-0.15, -0.1) is 0 Å². The molecule has 1 atom stereocenters. The number of amides is 2. The Hall–Kier alpha value is -2.69. The average molecular weight is 314 g/mol. The van der Waals surface area contributed by atoms with Crippen molar-refractivity contribution in [3.05, 3.63) is 71.5 Å². The number of halogens is 1. The topological polar surface area (TPSA) is 72.2 Å². The Bertz CT molecular complexity index is 674. The van der Waals surface area contributed by atoms with Crippen molar-refractivity contribution >= 4 is 11.8 Å². The minimum atomic E-state index is -0.769. The first-order valence-corrected chi connectivity index (χ1v) is 7.46. The molecular formula is C18H19FN2O2. The molecule has 0 aliphatic carbocycles. The maximum Gasteiger partial charge on any atom is 0.252 e. The van der Waals surface area contributed by atoms with Crippen LogP contribution in [0.4, 0.5) is 4.39 Å². The molecule has 3 N–H and O–H groups in total. The highest BCUT2D eigenvalue weighted by Crippen LogP contribution is 2.08. The van der Waals surface area contributed by atoms with E-state index in [0.717, 1.165) is 18.1 Å². The molecule has 120 valence electrons. The second kappa shape index (κ2) is 8.08. The van der Waals surface area contributed by atoms with Gasteiger partial charge in [-0.1, -0.05) is 36.4 Å². The van der Waals surface area contributed by atoms with Crippen LogP contribution in [0.15, 0.2) is 54.6 Å². The standard InChI is InChI=1S/C18H19FN2O2/c19-15-10-5-9-14(12-15)18(23)21-16(17(20)22)11-4-8-13-6-2-1-3-7-13/h1-3,5-7,9-10,12,16H,4,8,11H2,(H2,20,22)(H,21,23)/t16-/m0/s1. The van der Waals surface area contributed by atoms with Gasteiger partial charge in [0, 0.05) is 5.56 Å². The van der Waals surface area contributed by atoms with E-state index in [2.05, 4.69) is 5.32 Å². The minimum absolute atomic E-state index is 0.166. The first kappa shape index (κ1) is 16.7. The number of nitrogens with one attached hydrogen (secondary N) is 1. The van der Waals surface area contributed by atoms with Crippen LogP contribution in [0.5, 0.6) is 0 Å². The van der Waals surface area contributed by atoms with E-state index in [9.17, 15) is 14.0 Å². The van der Waals surface area contributed by atoms with Crippen molar-refractivity contribution < 1.29 is 14.0 Å². The van der Waals surface area contributed by atoms with Crippen LogP contribution in [0.2, 0.25) is 0 Å². The molecule has 0 saturated carbocycles. The molecule has 0 aliphatic rings. The lowest BCUT2D eigenvalue weighted by Gasteiger charge is -2.15. The zero-order valence-electron chi connectivity index (χ0n) is 12.7. The van der Waals surface area contributed by atoms with Gasteiger partial charge in [0.2, 0.25) is 5.91 Å². The highest BCUT2D eigenvalue weighted by Gasteiger charge is 2.18. The van der Waals surface area contributed by atoms with E-state index >= 15 is 0 Å². The van der Waals surface area contributed by atoms with Gasteiger partial charge >= 0.3 is 0 Å². The third-order valence-electron chi connectivity index (χ3n) is 3.54. The highest BCUT2D eigenvalue weighted by molar-refractivity contribution is 5.97. The monoisotopic (exact) mass is 314 g/mol. The number of hydrogen-bond donors (Lipinski definition) is 2. The summed E-state index contributed by atoms with van der Waals surface area (Å²) in [5.41, 5.74) is 6.67. The number of carbonyl (C=O) groups is 2.